The number of fused-ring (bicyclic) bond motifs is 2. The van der Waals surface area contributed by atoms with Gasteiger partial charge in [0.15, 0.2) is 5.82 Å². The highest BCUT2D eigenvalue weighted by atomic mass is 16.6. The van der Waals surface area contributed by atoms with Gasteiger partial charge in [-0.1, -0.05) is 12.2 Å². The molecule has 2 aliphatic rings. The van der Waals surface area contributed by atoms with Gasteiger partial charge in [-0.25, -0.2) is 4.79 Å². The second-order valence-electron chi connectivity index (χ2n) is 13.6. The number of likely N-dealkylation sites (N-methyl/N-ethyl adjacent to an activating group) is 1. The number of nitrogens with zero attached hydrogens (tertiary/aromatic N) is 6. The van der Waals surface area contributed by atoms with E-state index in [-0.39, 0.29) is 30.7 Å². The van der Waals surface area contributed by atoms with Crippen LogP contribution in [0, 0.1) is 6.92 Å². The third-order valence-corrected chi connectivity index (χ3v) is 9.13. The van der Waals surface area contributed by atoms with Crippen LogP contribution in [0.1, 0.15) is 37.7 Å². The minimum absolute atomic E-state index is 0.00616. The molecule has 0 fully saturated rings. The van der Waals surface area contributed by atoms with E-state index in [1.54, 1.807) is 13.0 Å². The van der Waals surface area contributed by atoms with Gasteiger partial charge in [0.1, 0.15) is 23.9 Å². The van der Waals surface area contributed by atoms with Crippen LogP contribution in [-0.4, -0.2) is 129 Å². The molecule has 0 saturated heterocycles. The zero-order chi connectivity index (χ0) is 40.3. The third-order valence-electron chi connectivity index (χ3n) is 9.13. The predicted molar refractivity (Wildman–Crippen MR) is 214 cm³/mol. The van der Waals surface area contributed by atoms with Gasteiger partial charge in [0.25, 0.3) is 5.91 Å². The van der Waals surface area contributed by atoms with Crippen molar-refractivity contribution in [3.05, 3.63) is 118 Å². The molecule has 3 aromatic carbocycles. The highest BCUT2D eigenvalue weighted by Gasteiger charge is 2.30. The molecule has 2 N–H and O–H groups in total. The Kier molecular flexibility index (Phi) is 13.7. The van der Waals surface area contributed by atoms with Gasteiger partial charge in [-0.05, 0) is 87.3 Å². The molecule has 15 nitrogen and oxygen atoms in total. The molecule has 1 aromatic heterocycles. The summed E-state index contributed by atoms with van der Waals surface area (Å²) in [6.45, 7) is 4.57. The first-order valence-electron chi connectivity index (χ1n) is 18.6. The van der Waals surface area contributed by atoms with E-state index >= 15 is 0 Å². The van der Waals surface area contributed by atoms with Crippen LogP contribution in [0.15, 0.2) is 90.2 Å². The Morgan fingerprint density at radius 1 is 0.807 bits per heavy atom. The first kappa shape index (κ1) is 40.7. The van der Waals surface area contributed by atoms with E-state index in [4.69, 9.17) is 23.7 Å². The van der Waals surface area contributed by atoms with Crippen LogP contribution in [0.3, 0.4) is 0 Å². The number of nitrogens with one attached hydrogen (secondary N) is 1. The summed E-state index contributed by atoms with van der Waals surface area (Å²) in [4.78, 5) is 29.9. The van der Waals surface area contributed by atoms with Crippen LogP contribution in [0.2, 0.25) is 0 Å². The molecule has 4 aromatic rings. The summed E-state index contributed by atoms with van der Waals surface area (Å²) in [6.07, 6.45) is 6.01. The Morgan fingerprint density at radius 3 is 2.16 bits per heavy atom. The number of aryl methyl sites for hydroxylation is 1. The molecule has 1 unspecified atom stereocenters. The van der Waals surface area contributed by atoms with E-state index in [2.05, 4.69) is 30.6 Å². The zero-order valence-corrected chi connectivity index (χ0v) is 32.7. The van der Waals surface area contributed by atoms with Crippen LogP contribution in [0.25, 0.3) is 17.0 Å². The second-order valence-corrected chi connectivity index (χ2v) is 13.6. The fourth-order valence-corrected chi connectivity index (χ4v) is 6.10. The van der Waals surface area contributed by atoms with E-state index in [0.29, 0.717) is 85.2 Å². The second kappa shape index (κ2) is 19.2. The van der Waals surface area contributed by atoms with Crippen LogP contribution in [-0.2, 0) is 14.2 Å². The maximum atomic E-state index is 13.3. The number of carboxylic acids is 1. The largest absolute Gasteiger partial charge is 0.491 e. The van der Waals surface area contributed by atoms with Crippen molar-refractivity contribution in [2.75, 3.05) is 85.9 Å². The molecule has 0 bridgehead atoms. The van der Waals surface area contributed by atoms with Gasteiger partial charge < -0.3 is 39.0 Å². The number of aromatic nitrogens is 4. The number of hydrogen-bond acceptors (Lipinski definition) is 13. The van der Waals surface area contributed by atoms with Crippen molar-refractivity contribution in [3.63, 3.8) is 0 Å². The zero-order valence-electron chi connectivity index (χ0n) is 32.7. The standard InChI is InChI=1S/C42H47N7O8/c1-27-44-46-40(47-45-27)28-6-11-32(12-7-28)56-23-22-55-21-20-54-19-18-53-17-16-43-41(50)29-8-13-33(42(51)52)36(24-29)39-34-14-9-30(48(2)3)25-37(34)57-38-26-31(49(4)5)10-15-35(38)39/h6-15,24-26,30H,16-23H2,1-5H3,(H,43,50)(H,51,52). The first-order chi connectivity index (χ1) is 27.6. The van der Waals surface area contributed by atoms with Crippen LogP contribution >= 0.6 is 0 Å². The molecule has 0 spiro atoms. The van der Waals surface area contributed by atoms with Crippen LogP contribution in [0.4, 0.5) is 5.69 Å². The molecule has 298 valence electrons. The normalized spacial score (nSPS) is 14.4. The van der Waals surface area contributed by atoms with Crippen molar-refractivity contribution in [1.29, 1.82) is 0 Å². The number of amides is 1. The first-order valence-corrected chi connectivity index (χ1v) is 18.6. The summed E-state index contributed by atoms with van der Waals surface area (Å²) in [5.41, 5.74) is 4.73. The highest BCUT2D eigenvalue weighted by molar-refractivity contribution is 6.03. The molecule has 1 aliphatic heterocycles. The minimum Gasteiger partial charge on any atom is -0.491 e. The SMILES string of the molecule is Cc1nnc(-c2ccc(OCCOCCOCCOCCNC(=O)c3ccc(C(=O)O)c(C4=C5C=CC(N(C)C)C=C5Oc5cc(N(C)C)ccc54)c3)cc2)nn1. The summed E-state index contributed by atoms with van der Waals surface area (Å²) in [5.74, 6) is 1.46. The number of anilines is 1. The van der Waals surface area contributed by atoms with Gasteiger partial charge in [-0.15, -0.1) is 20.4 Å². The van der Waals surface area contributed by atoms with E-state index in [1.165, 1.54) is 12.1 Å². The van der Waals surface area contributed by atoms with Crippen molar-refractivity contribution in [3.8, 4) is 22.9 Å². The molecule has 6 rings (SSSR count). The Labute approximate surface area is 331 Å². The van der Waals surface area contributed by atoms with Gasteiger partial charge in [0.05, 0.1) is 45.2 Å². The average Bonchev–Trinajstić information content (AvgIpc) is 3.21. The fraction of sp³-hybridized carbons (Fsp3) is 0.333. The Bertz CT molecular complexity index is 2130. The number of carboxylic acid groups (broad SMARTS) is 1. The maximum absolute atomic E-state index is 13.3. The fourth-order valence-electron chi connectivity index (χ4n) is 6.10. The number of aromatic carboxylic acids is 1. The molecule has 1 aliphatic carbocycles. The molecular weight excluding hydrogens is 731 g/mol. The Morgan fingerprint density at radius 2 is 1.49 bits per heavy atom. The molecule has 0 radical (unpaired) electrons. The van der Waals surface area contributed by atoms with Gasteiger partial charge in [0, 0.05) is 66.3 Å². The van der Waals surface area contributed by atoms with Crippen molar-refractivity contribution < 1.29 is 38.4 Å². The number of benzene rings is 3. The quantitative estimate of drug-likeness (QED) is 0.128. The van der Waals surface area contributed by atoms with Gasteiger partial charge >= 0.3 is 5.97 Å². The minimum atomic E-state index is -1.10. The molecule has 2 heterocycles. The number of ether oxygens (including phenoxy) is 5. The lowest BCUT2D eigenvalue weighted by Crippen LogP contribution is -2.28. The van der Waals surface area contributed by atoms with E-state index in [9.17, 15) is 14.7 Å². The summed E-state index contributed by atoms with van der Waals surface area (Å²) >= 11 is 0. The highest BCUT2D eigenvalue weighted by Crippen LogP contribution is 2.45. The average molecular weight is 778 g/mol. The van der Waals surface area contributed by atoms with Crippen molar-refractivity contribution in [2.45, 2.75) is 13.0 Å². The maximum Gasteiger partial charge on any atom is 0.336 e. The Hall–Kier alpha value is -6.00. The summed E-state index contributed by atoms with van der Waals surface area (Å²) in [6, 6.07) is 17.8. The summed E-state index contributed by atoms with van der Waals surface area (Å²) in [7, 11) is 7.85. The molecular formula is C42H47N7O8. The molecule has 0 saturated carbocycles. The third kappa shape index (κ3) is 10.4. The predicted octanol–water partition coefficient (Wildman–Crippen LogP) is 4.44. The van der Waals surface area contributed by atoms with E-state index in [0.717, 1.165) is 22.4 Å². The van der Waals surface area contributed by atoms with E-state index < -0.39 is 5.97 Å². The monoisotopic (exact) mass is 777 g/mol. The molecule has 57 heavy (non-hydrogen) atoms. The van der Waals surface area contributed by atoms with Crippen molar-refractivity contribution in [2.24, 2.45) is 0 Å². The molecule has 1 amide bonds. The Balaban J connectivity index is 0.944. The van der Waals surface area contributed by atoms with Crippen molar-refractivity contribution >= 4 is 23.1 Å². The van der Waals surface area contributed by atoms with Gasteiger partial charge in [-0.3, -0.25) is 9.69 Å². The smallest absolute Gasteiger partial charge is 0.336 e. The number of allylic oxidation sites excluding steroid dienone is 1. The van der Waals surface area contributed by atoms with Crippen LogP contribution < -0.4 is 19.7 Å². The summed E-state index contributed by atoms with van der Waals surface area (Å²) in [5, 5.41) is 29.1. The lowest BCUT2D eigenvalue weighted by atomic mass is 9.84. The number of rotatable bonds is 19. The molecule has 1 atom stereocenters. The number of carbonyl (C=O) groups excluding carboxylic acids is 1. The van der Waals surface area contributed by atoms with E-state index in [1.807, 2.05) is 93.8 Å². The lowest BCUT2D eigenvalue weighted by molar-refractivity contribution is 0.00988. The van der Waals surface area contributed by atoms with Gasteiger partial charge in [-0.2, -0.15) is 0 Å². The lowest BCUT2D eigenvalue weighted by Gasteiger charge is -2.31. The van der Waals surface area contributed by atoms with Crippen LogP contribution in [0.5, 0.6) is 11.5 Å². The van der Waals surface area contributed by atoms with Crippen molar-refractivity contribution in [1.82, 2.24) is 30.6 Å². The molecule has 15 heteroatoms. The van der Waals surface area contributed by atoms with Gasteiger partial charge in [0.2, 0.25) is 5.82 Å². The topological polar surface area (TPSA) is 171 Å². The number of carbonyl (C=O) groups is 2. The summed E-state index contributed by atoms with van der Waals surface area (Å²) < 4.78 is 29.0. The number of hydrogen-bond donors (Lipinski definition) is 2.